The molecule has 2 aromatic carbocycles. The van der Waals surface area contributed by atoms with Gasteiger partial charge in [0.15, 0.2) is 0 Å². The lowest BCUT2D eigenvalue weighted by atomic mass is 10.0. The van der Waals surface area contributed by atoms with Crippen molar-refractivity contribution in [3.8, 4) is 5.75 Å². The lowest BCUT2D eigenvalue weighted by Gasteiger charge is -2.18. The third-order valence-corrected chi connectivity index (χ3v) is 4.55. The second kappa shape index (κ2) is 7.27. The van der Waals surface area contributed by atoms with E-state index in [9.17, 15) is 14.3 Å². The highest BCUT2D eigenvalue weighted by Crippen LogP contribution is 2.26. The molecule has 0 aliphatic carbocycles. The number of hydrogen-bond acceptors (Lipinski definition) is 3. The molecule has 0 spiro atoms. The Morgan fingerprint density at radius 2 is 1.92 bits per heavy atom. The van der Waals surface area contributed by atoms with E-state index in [2.05, 4.69) is 5.32 Å². The first kappa shape index (κ1) is 16.2. The van der Waals surface area contributed by atoms with Gasteiger partial charge in [-0.2, -0.15) is 0 Å². The van der Waals surface area contributed by atoms with Gasteiger partial charge in [-0.25, -0.2) is 4.39 Å². The molecule has 0 saturated carbocycles. The van der Waals surface area contributed by atoms with Crippen LogP contribution in [0.5, 0.6) is 5.75 Å². The fourth-order valence-electron chi connectivity index (χ4n) is 2.49. The van der Waals surface area contributed by atoms with Crippen LogP contribution < -0.4 is 5.32 Å². The number of benzene rings is 2. The summed E-state index contributed by atoms with van der Waals surface area (Å²) in [7, 11) is 0. The molecular weight excluding hydrogens is 325 g/mol. The van der Waals surface area contributed by atoms with Crippen molar-refractivity contribution >= 4 is 17.2 Å². The lowest BCUT2D eigenvalue weighted by molar-refractivity contribution is -0.120. The first-order chi connectivity index (χ1) is 11.6. The Balaban J connectivity index is 1.79. The van der Waals surface area contributed by atoms with Crippen molar-refractivity contribution < 1.29 is 14.3 Å². The minimum absolute atomic E-state index is 0.133. The smallest absolute Gasteiger partial charge is 0.225 e. The zero-order chi connectivity index (χ0) is 16.9. The average Bonchev–Trinajstić information content (AvgIpc) is 3.08. The molecule has 1 atom stereocenters. The molecule has 1 aromatic heterocycles. The molecule has 3 rings (SSSR count). The summed E-state index contributed by atoms with van der Waals surface area (Å²) in [5.41, 5.74) is 1.56. The van der Waals surface area contributed by atoms with E-state index in [1.165, 1.54) is 23.5 Å². The highest BCUT2D eigenvalue weighted by molar-refractivity contribution is 7.10. The number of thiophene rings is 1. The Kier molecular flexibility index (Phi) is 4.91. The van der Waals surface area contributed by atoms with Crippen LogP contribution in [0, 0.1) is 5.82 Å². The molecule has 2 N–H and O–H groups in total. The van der Waals surface area contributed by atoms with E-state index < -0.39 is 0 Å². The van der Waals surface area contributed by atoms with Crippen LogP contribution in [0.1, 0.15) is 22.0 Å². The number of carbonyl (C=O) groups excluding carboxylic acids is 1. The number of nitrogens with one attached hydrogen (secondary N) is 1. The third-order valence-electron chi connectivity index (χ3n) is 3.61. The van der Waals surface area contributed by atoms with E-state index in [-0.39, 0.29) is 29.9 Å². The minimum atomic E-state index is -0.324. The van der Waals surface area contributed by atoms with Crippen LogP contribution >= 0.6 is 11.3 Å². The molecule has 24 heavy (non-hydrogen) atoms. The molecule has 0 radical (unpaired) electrons. The summed E-state index contributed by atoms with van der Waals surface area (Å²) < 4.78 is 13.2. The first-order valence-corrected chi connectivity index (χ1v) is 8.36. The van der Waals surface area contributed by atoms with Gasteiger partial charge < -0.3 is 10.4 Å². The zero-order valence-electron chi connectivity index (χ0n) is 12.8. The van der Waals surface area contributed by atoms with Gasteiger partial charge in [-0.15, -0.1) is 11.3 Å². The molecule has 0 saturated heterocycles. The summed E-state index contributed by atoms with van der Waals surface area (Å²) in [6.07, 6.45) is 0.164. The Morgan fingerprint density at radius 1 is 1.12 bits per heavy atom. The van der Waals surface area contributed by atoms with Crippen LogP contribution in [-0.2, 0) is 11.2 Å². The van der Waals surface area contributed by atoms with Crippen molar-refractivity contribution in [1.82, 2.24) is 5.32 Å². The SMILES string of the molecule is O=C(Cc1cccc(O)c1)N[C@H](c1ccc(F)cc1)c1cccs1. The van der Waals surface area contributed by atoms with Gasteiger partial charge in [0.05, 0.1) is 12.5 Å². The molecule has 3 nitrogen and oxygen atoms in total. The normalized spacial score (nSPS) is 11.9. The summed E-state index contributed by atoms with van der Waals surface area (Å²) in [5.74, 6) is -0.341. The second-order valence-electron chi connectivity index (χ2n) is 5.41. The maximum absolute atomic E-state index is 13.2. The fraction of sp³-hybridized carbons (Fsp3) is 0.105. The number of hydrogen-bond donors (Lipinski definition) is 2. The highest BCUT2D eigenvalue weighted by atomic mass is 32.1. The van der Waals surface area contributed by atoms with Crippen LogP contribution in [0.15, 0.2) is 66.0 Å². The molecule has 0 unspecified atom stereocenters. The Morgan fingerprint density at radius 3 is 2.58 bits per heavy atom. The van der Waals surface area contributed by atoms with Crippen LogP contribution in [-0.4, -0.2) is 11.0 Å². The Bertz CT molecular complexity index is 816. The largest absolute Gasteiger partial charge is 0.508 e. The van der Waals surface area contributed by atoms with E-state index in [0.29, 0.717) is 0 Å². The predicted octanol–water partition coefficient (Wildman–Crippen LogP) is 4.04. The van der Waals surface area contributed by atoms with Gasteiger partial charge in [0, 0.05) is 4.88 Å². The van der Waals surface area contributed by atoms with Crippen LogP contribution in [0.4, 0.5) is 4.39 Å². The van der Waals surface area contributed by atoms with E-state index in [1.54, 1.807) is 36.4 Å². The molecule has 1 amide bonds. The van der Waals surface area contributed by atoms with Gasteiger partial charge in [-0.1, -0.05) is 30.3 Å². The summed E-state index contributed by atoms with van der Waals surface area (Å²) in [6, 6.07) is 16.3. The van der Waals surface area contributed by atoms with E-state index in [4.69, 9.17) is 0 Å². The van der Waals surface area contributed by atoms with E-state index >= 15 is 0 Å². The van der Waals surface area contributed by atoms with E-state index in [1.807, 2.05) is 17.5 Å². The van der Waals surface area contributed by atoms with Crippen LogP contribution in [0.2, 0.25) is 0 Å². The van der Waals surface area contributed by atoms with Crippen molar-refractivity contribution in [2.24, 2.45) is 0 Å². The summed E-state index contributed by atoms with van der Waals surface area (Å²) in [6.45, 7) is 0. The molecule has 0 aliphatic heterocycles. The third kappa shape index (κ3) is 4.00. The Hall–Kier alpha value is -2.66. The standard InChI is InChI=1S/C19H16FNO2S/c20-15-8-6-14(7-9-15)19(17-5-2-10-24-17)21-18(23)12-13-3-1-4-16(22)11-13/h1-11,19,22H,12H2,(H,21,23)/t19-/m1/s1. The van der Waals surface area contributed by atoms with Crippen molar-refractivity contribution in [2.45, 2.75) is 12.5 Å². The maximum atomic E-state index is 13.2. The number of carbonyl (C=O) groups is 1. The van der Waals surface area contributed by atoms with Crippen LogP contribution in [0.25, 0.3) is 0 Å². The maximum Gasteiger partial charge on any atom is 0.225 e. The molecule has 0 bridgehead atoms. The molecule has 0 fully saturated rings. The van der Waals surface area contributed by atoms with Gasteiger partial charge in [0.25, 0.3) is 0 Å². The molecule has 3 aromatic rings. The average molecular weight is 341 g/mol. The van der Waals surface area contributed by atoms with Crippen molar-refractivity contribution in [1.29, 1.82) is 0 Å². The van der Waals surface area contributed by atoms with Crippen LogP contribution in [0.3, 0.4) is 0 Å². The quantitative estimate of drug-likeness (QED) is 0.736. The number of phenols is 1. The number of halogens is 1. The predicted molar refractivity (Wildman–Crippen MR) is 92.5 cm³/mol. The van der Waals surface area contributed by atoms with Gasteiger partial charge >= 0.3 is 0 Å². The number of amides is 1. The van der Waals surface area contributed by atoms with Gasteiger partial charge in [0.2, 0.25) is 5.91 Å². The van der Waals surface area contributed by atoms with Crippen molar-refractivity contribution in [3.63, 3.8) is 0 Å². The van der Waals surface area contributed by atoms with Gasteiger partial charge in [0.1, 0.15) is 11.6 Å². The highest BCUT2D eigenvalue weighted by Gasteiger charge is 2.18. The zero-order valence-corrected chi connectivity index (χ0v) is 13.6. The Labute approximate surface area is 143 Å². The van der Waals surface area contributed by atoms with Crippen molar-refractivity contribution in [2.75, 3.05) is 0 Å². The lowest BCUT2D eigenvalue weighted by Crippen LogP contribution is -2.30. The summed E-state index contributed by atoms with van der Waals surface area (Å²) >= 11 is 1.53. The first-order valence-electron chi connectivity index (χ1n) is 7.48. The molecule has 0 aliphatic rings. The summed E-state index contributed by atoms with van der Waals surface area (Å²) in [4.78, 5) is 13.4. The number of rotatable bonds is 5. The second-order valence-corrected chi connectivity index (χ2v) is 6.39. The molecule has 5 heteroatoms. The molecule has 1 heterocycles. The summed E-state index contributed by atoms with van der Waals surface area (Å²) in [5, 5.41) is 14.4. The van der Waals surface area contributed by atoms with E-state index in [0.717, 1.165) is 16.0 Å². The molecule has 122 valence electrons. The monoisotopic (exact) mass is 341 g/mol. The van der Waals surface area contributed by atoms with Gasteiger partial charge in [-0.3, -0.25) is 4.79 Å². The van der Waals surface area contributed by atoms with Gasteiger partial charge in [-0.05, 0) is 46.8 Å². The molecular formula is C19H16FNO2S. The minimum Gasteiger partial charge on any atom is -0.508 e. The van der Waals surface area contributed by atoms with Crippen molar-refractivity contribution in [3.05, 3.63) is 87.9 Å². The topological polar surface area (TPSA) is 49.3 Å². The number of phenolic OH excluding ortho intramolecular Hbond substituents is 1. The fourth-order valence-corrected chi connectivity index (χ4v) is 3.30. The number of aromatic hydroxyl groups is 1.